The predicted molar refractivity (Wildman–Crippen MR) is 117 cm³/mol. The minimum atomic E-state index is -0.364. The molecule has 2 aromatic heterocycles. The minimum absolute atomic E-state index is 0.0277. The van der Waals surface area contributed by atoms with Crippen molar-refractivity contribution in [1.82, 2.24) is 25.1 Å². The number of nitrogens with zero attached hydrogens (tertiary/aromatic N) is 4. The van der Waals surface area contributed by atoms with E-state index < -0.39 is 0 Å². The number of carbonyl (C=O) groups is 2. The number of benzene rings is 1. The second-order valence-corrected chi connectivity index (χ2v) is 8.34. The highest BCUT2D eigenvalue weighted by atomic mass is 32.2. The molecule has 1 saturated heterocycles. The summed E-state index contributed by atoms with van der Waals surface area (Å²) in [5.41, 5.74) is 2.88. The number of amides is 1. The Balaban J connectivity index is 1.64. The number of aromatic nitrogens is 4. The molecule has 0 unspecified atom stereocenters. The number of hydrogen-bond acceptors (Lipinski definition) is 7. The molecule has 8 nitrogen and oxygen atoms in total. The van der Waals surface area contributed by atoms with E-state index in [1.165, 1.54) is 37.2 Å². The van der Waals surface area contributed by atoms with Crippen molar-refractivity contribution in [2.75, 3.05) is 26.0 Å². The van der Waals surface area contributed by atoms with Crippen molar-refractivity contribution in [3.05, 3.63) is 59.9 Å². The number of nitrogens with one attached hydrogen (secondary N) is 1. The van der Waals surface area contributed by atoms with Crippen LogP contribution in [0.2, 0.25) is 0 Å². The summed E-state index contributed by atoms with van der Waals surface area (Å²) in [6.45, 7) is 1.15. The van der Waals surface area contributed by atoms with Gasteiger partial charge in [-0.05, 0) is 30.5 Å². The number of ether oxygens (including phenoxy) is 1. The molecular weight excluding hydrogens is 433 g/mol. The standard InChI is InChI=1S/C22H22FN5O3S/c1-31-19(29)13-32-22-24-11-18(14-4-6-17(23)7-5-14)20(27-22)15-3-2-8-28(12-15)21(30)16-9-25-26-10-16/h4-7,9-11,15H,2-3,8,12-13H2,1H3,(H,25,26)/t15-/m0/s1. The number of halogens is 1. The van der Waals surface area contributed by atoms with Crippen LogP contribution < -0.4 is 0 Å². The highest BCUT2D eigenvalue weighted by Crippen LogP contribution is 2.34. The molecule has 1 atom stereocenters. The molecule has 1 aromatic carbocycles. The number of aromatic amines is 1. The quantitative estimate of drug-likeness (QED) is 0.346. The topological polar surface area (TPSA) is 101 Å². The first-order chi connectivity index (χ1) is 15.5. The Hall–Kier alpha value is -3.27. The molecule has 10 heteroatoms. The fourth-order valence-electron chi connectivity index (χ4n) is 3.73. The lowest BCUT2D eigenvalue weighted by molar-refractivity contribution is -0.137. The van der Waals surface area contributed by atoms with Gasteiger partial charge < -0.3 is 9.64 Å². The average Bonchev–Trinajstić information content (AvgIpc) is 3.37. The third kappa shape index (κ3) is 4.96. The molecule has 1 aliphatic rings. The van der Waals surface area contributed by atoms with E-state index in [-0.39, 0.29) is 29.4 Å². The molecule has 1 aliphatic heterocycles. The zero-order chi connectivity index (χ0) is 22.5. The summed E-state index contributed by atoms with van der Waals surface area (Å²) in [4.78, 5) is 35.3. The van der Waals surface area contributed by atoms with Crippen molar-refractivity contribution in [1.29, 1.82) is 0 Å². The number of hydrogen-bond donors (Lipinski definition) is 1. The maximum absolute atomic E-state index is 13.5. The zero-order valence-corrected chi connectivity index (χ0v) is 18.3. The summed E-state index contributed by atoms with van der Waals surface area (Å²) in [5, 5.41) is 6.99. The van der Waals surface area contributed by atoms with Gasteiger partial charge in [-0.2, -0.15) is 5.10 Å². The molecule has 3 aromatic rings. The highest BCUT2D eigenvalue weighted by Gasteiger charge is 2.29. The summed E-state index contributed by atoms with van der Waals surface area (Å²) < 4.78 is 18.2. The summed E-state index contributed by atoms with van der Waals surface area (Å²) in [5.74, 6) is -0.698. The third-order valence-electron chi connectivity index (χ3n) is 5.34. The molecule has 4 rings (SSSR count). The molecule has 0 bridgehead atoms. The van der Waals surface area contributed by atoms with E-state index in [4.69, 9.17) is 9.72 Å². The number of carbonyl (C=O) groups excluding carboxylic acids is 2. The van der Waals surface area contributed by atoms with E-state index in [2.05, 4.69) is 15.2 Å². The Morgan fingerprint density at radius 1 is 1.28 bits per heavy atom. The van der Waals surface area contributed by atoms with Crippen LogP contribution in [0.4, 0.5) is 4.39 Å². The van der Waals surface area contributed by atoms with E-state index in [0.717, 1.165) is 29.7 Å². The number of rotatable bonds is 6. The zero-order valence-electron chi connectivity index (χ0n) is 17.5. The van der Waals surface area contributed by atoms with E-state index in [0.29, 0.717) is 23.8 Å². The Bertz CT molecular complexity index is 1090. The van der Waals surface area contributed by atoms with Gasteiger partial charge in [0.1, 0.15) is 5.82 Å². The lowest BCUT2D eigenvalue weighted by atomic mass is 9.89. The summed E-state index contributed by atoms with van der Waals surface area (Å²) in [7, 11) is 1.33. The van der Waals surface area contributed by atoms with Crippen LogP contribution in [0.3, 0.4) is 0 Å². The Kier molecular flexibility index (Phi) is 6.79. The van der Waals surface area contributed by atoms with Gasteiger partial charge in [-0.25, -0.2) is 14.4 Å². The molecular formula is C22H22FN5O3S. The largest absolute Gasteiger partial charge is 0.468 e. The molecule has 0 radical (unpaired) electrons. The van der Waals surface area contributed by atoms with Gasteiger partial charge in [0.25, 0.3) is 5.91 Å². The van der Waals surface area contributed by atoms with Crippen LogP contribution in [-0.4, -0.2) is 62.9 Å². The van der Waals surface area contributed by atoms with Crippen LogP contribution in [0.5, 0.6) is 0 Å². The molecule has 3 heterocycles. The lowest BCUT2D eigenvalue weighted by Crippen LogP contribution is -2.39. The maximum atomic E-state index is 13.5. The van der Waals surface area contributed by atoms with Gasteiger partial charge in [0.15, 0.2) is 5.16 Å². The van der Waals surface area contributed by atoms with Crippen LogP contribution in [0.1, 0.15) is 34.8 Å². The van der Waals surface area contributed by atoms with Gasteiger partial charge in [0.2, 0.25) is 0 Å². The van der Waals surface area contributed by atoms with Crippen LogP contribution in [-0.2, 0) is 9.53 Å². The van der Waals surface area contributed by atoms with E-state index in [1.807, 2.05) is 0 Å². The first-order valence-corrected chi connectivity index (χ1v) is 11.1. The number of methoxy groups -OCH3 is 1. The van der Waals surface area contributed by atoms with Gasteiger partial charge in [0.05, 0.1) is 30.3 Å². The smallest absolute Gasteiger partial charge is 0.316 e. The average molecular weight is 456 g/mol. The number of piperidine rings is 1. The van der Waals surface area contributed by atoms with Crippen molar-refractivity contribution in [2.24, 2.45) is 0 Å². The first kappa shape index (κ1) is 21.9. The van der Waals surface area contributed by atoms with Gasteiger partial charge in [-0.15, -0.1) is 0 Å². The molecule has 166 valence electrons. The van der Waals surface area contributed by atoms with Gasteiger partial charge in [-0.3, -0.25) is 14.7 Å². The van der Waals surface area contributed by atoms with Crippen molar-refractivity contribution in [3.8, 4) is 11.1 Å². The monoisotopic (exact) mass is 455 g/mol. The third-order valence-corrected chi connectivity index (χ3v) is 6.17. The lowest BCUT2D eigenvalue weighted by Gasteiger charge is -2.33. The molecule has 1 fully saturated rings. The molecule has 0 aliphatic carbocycles. The summed E-state index contributed by atoms with van der Waals surface area (Å²) in [6.07, 6.45) is 6.48. The summed E-state index contributed by atoms with van der Waals surface area (Å²) in [6, 6.07) is 6.18. The van der Waals surface area contributed by atoms with Crippen LogP contribution >= 0.6 is 11.8 Å². The van der Waals surface area contributed by atoms with Crippen molar-refractivity contribution in [2.45, 2.75) is 23.9 Å². The Labute approximate surface area is 188 Å². The Morgan fingerprint density at radius 2 is 2.09 bits per heavy atom. The number of thioether (sulfide) groups is 1. The van der Waals surface area contributed by atoms with Gasteiger partial charge in [-0.1, -0.05) is 23.9 Å². The normalized spacial score (nSPS) is 16.1. The van der Waals surface area contributed by atoms with Gasteiger partial charge >= 0.3 is 5.97 Å². The van der Waals surface area contributed by atoms with Crippen LogP contribution in [0, 0.1) is 5.82 Å². The number of esters is 1. The number of likely N-dealkylation sites (tertiary alicyclic amines) is 1. The van der Waals surface area contributed by atoms with Crippen LogP contribution in [0.15, 0.2) is 48.0 Å². The van der Waals surface area contributed by atoms with E-state index in [9.17, 15) is 14.0 Å². The first-order valence-electron chi connectivity index (χ1n) is 10.2. The molecule has 1 N–H and O–H groups in total. The second-order valence-electron chi connectivity index (χ2n) is 7.40. The van der Waals surface area contributed by atoms with Gasteiger partial charge in [0, 0.05) is 37.0 Å². The molecule has 32 heavy (non-hydrogen) atoms. The molecule has 1 amide bonds. The Morgan fingerprint density at radius 3 is 2.81 bits per heavy atom. The van der Waals surface area contributed by atoms with Crippen molar-refractivity contribution in [3.63, 3.8) is 0 Å². The van der Waals surface area contributed by atoms with Crippen LogP contribution in [0.25, 0.3) is 11.1 Å². The minimum Gasteiger partial charge on any atom is -0.468 e. The number of H-pyrrole nitrogens is 1. The predicted octanol–water partition coefficient (Wildman–Crippen LogP) is 3.29. The van der Waals surface area contributed by atoms with Crippen molar-refractivity contribution < 1.29 is 18.7 Å². The maximum Gasteiger partial charge on any atom is 0.316 e. The fraction of sp³-hybridized carbons (Fsp3) is 0.318. The summed E-state index contributed by atoms with van der Waals surface area (Å²) >= 11 is 1.19. The highest BCUT2D eigenvalue weighted by molar-refractivity contribution is 7.99. The SMILES string of the molecule is COC(=O)CSc1ncc(-c2ccc(F)cc2)c([C@H]2CCCN(C(=O)c3cn[nH]c3)C2)n1. The fourth-order valence-corrected chi connectivity index (χ4v) is 4.38. The van der Waals surface area contributed by atoms with E-state index >= 15 is 0 Å². The molecule has 0 spiro atoms. The second kappa shape index (κ2) is 9.90. The van der Waals surface area contributed by atoms with E-state index in [1.54, 1.807) is 29.4 Å². The van der Waals surface area contributed by atoms with Crippen molar-refractivity contribution >= 4 is 23.6 Å². The molecule has 0 saturated carbocycles.